The summed E-state index contributed by atoms with van der Waals surface area (Å²) in [5.41, 5.74) is 5.18. The molecule has 1 N–H and O–H groups in total. The summed E-state index contributed by atoms with van der Waals surface area (Å²) in [5.74, 6) is 1.40. The molecule has 1 heterocycles. The van der Waals surface area contributed by atoms with Crippen LogP contribution in [0.15, 0.2) is 52.9 Å². The van der Waals surface area contributed by atoms with Crippen LogP contribution in [0.1, 0.15) is 38.6 Å². The largest absolute Gasteiger partial charge is 0.486 e. The number of furan rings is 1. The molecule has 1 aromatic heterocycles. The highest BCUT2D eigenvalue weighted by Crippen LogP contribution is 2.20. The lowest BCUT2D eigenvalue weighted by Crippen LogP contribution is -2.12. The number of hydrogen-bond donors (Lipinski definition) is 1. The Kier molecular flexibility index (Phi) is 5.12. The second kappa shape index (κ2) is 7.48. The van der Waals surface area contributed by atoms with Gasteiger partial charge in [0.2, 0.25) is 0 Å². The molecule has 3 aromatic rings. The molecule has 0 bridgehead atoms. The van der Waals surface area contributed by atoms with Crippen molar-refractivity contribution in [3.8, 4) is 5.75 Å². The Morgan fingerprint density at radius 1 is 0.923 bits per heavy atom. The van der Waals surface area contributed by atoms with E-state index in [1.54, 1.807) is 12.1 Å². The summed E-state index contributed by atoms with van der Waals surface area (Å²) in [5, 5.41) is 2.90. The van der Waals surface area contributed by atoms with Gasteiger partial charge in [0, 0.05) is 5.69 Å². The molecule has 0 fully saturated rings. The highest BCUT2D eigenvalue weighted by Gasteiger charge is 2.13. The zero-order chi connectivity index (χ0) is 18.7. The first-order valence-electron chi connectivity index (χ1n) is 8.59. The number of amides is 1. The van der Waals surface area contributed by atoms with Crippen molar-refractivity contribution >= 4 is 11.6 Å². The normalized spacial score (nSPS) is 10.6. The maximum Gasteiger partial charge on any atom is 0.291 e. The minimum absolute atomic E-state index is 0.267. The first-order valence-corrected chi connectivity index (χ1v) is 8.59. The molecule has 0 saturated heterocycles. The molecule has 0 aliphatic heterocycles. The molecule has 26 heavy (non-hydrogen) atoms. The maximum atomic E-state index is 12.4. The predicted molar refractivity (Wildman–Crippen MR) is 103 cm³/mol. The number of carbonyl (C=O) groups is 1. The Bertz CT molecular complexity index is 920. The molecule has 0 saturated carbocycles. The highest BCUT2D eigenvalue weighted by atomic mass is 16.5. The fourth-order valence-corrected chi connectivity index (χ4v) is 2.80. The van der Waals surface area contributed by atoms with Gasteiger partial charge in [0.1, 0.15) is 18.1 Å². The molecule has 0 radical (unpaired) electrons. The lowest BCUT2D eigenvalue weighted by Gasteiger charge is -2.08. The SMILES string of the molecule is Cc1cc(C)cc(OCc2ccc(C(=O)Nc3cc(C)ccc3C)o2)c1. The average molecular weight is 349 g/mol. The van der Waals surface area contributed by atoms with E-state index in [-0.39, 0.29) is 18.3 Å². The van der Waals surface area contributed by atoms with Gasteiger partial charge >= 0.3 is 0 Å². The van der Waals surface area contributed by atoms with E-state index in [9.17, 15) is 4.79 Å². The summed E-state index contributed by atoms with van der Waals surface area (Å²) in [7, 11) is 0. The van der Waals surface area contributed by atoms with Gasteiger partial charge in [0.05, 0.1) is 0 Å². The number of anilines is 1. The summed E-state index contributed by atoms with van der Waals surface area (Å²) in [6.45, 7) is 8.29. The van der Waals surface area contributed by atoms with Crippen molar-refractivity contribution in [3.63, 3.8) is 0 Å². The molecular formula is C22H23NO3. The molecule has 0 aliphatic carbocycles. The Labute approximate surface area is 153 Å². The van der Waals surface area contributed by atoms with Gasteiger partial charge in [-0.2, -0.15) is 0 Å². The molecule has 3 rings (SSSR count). The van der Waals surface area contributed by atoms with E-state index in [2.05, 4.69) is 11.4 Å². The lowest BCUT2D eigenvalue weighted by molar-refractivity contribution is 0.0992. The molecule has 134 valence electrons. The van der Waals surface area contributed by atoms with Crippen molar-refractivity contribution in [2.75, 3.05) is 5.32 Å². The highest BCUT2D eigenvalue weighted by molar-refractivity contribution is 6.02. The van der Waals surface area contributed by atoms with Crippen molar-refractivity contribution < 1.29 is 13.9 Å². The number of aryl methyl sites for hydroxylation is 4. The number of rotatable bonds is 5. The van der Waals surface area contributed by atoms with Crippen LogP contribution in [0.5, 0.6) is 5.75 Å². The molecule has 0 atom stereocenters. The van der Waals surface area contributed by atoms with Gasteiger partial charge in [-0.15, -0.1) is 0 Å². The van der Waals surface area contributed by atoms with E-state index in [1.807, 2.05) is 58.0 Å². The number of carbonyl (C=O) groups excluding carboxylic acids is 1. The van der Waals surface area contributed by atoms with Gasteiger partial charge in [-0.3, -0.25) is 4.79 Å². The van der Waals surface area contributed by atoms with E-state index in [4.69, 9.17) is 9.15 Å². The molecule has 2 aromatic carbocycles. The summed E-state index contributed by atoms with van der Waals surface area (Å²) in [6.07, 6.45) is 0. The number of benzene rings is 2. The average Bonchev–Trinajstić information content (AvgIpc) is 3.04. The monoisotopic (exact) mass is 349 g/mol. The standard InChI is InChI=1S/C22H23NO3/c1-14-5-6-17(4)20(12-14)23-22(24)21-8-7-18(26-21)13-25-19-10-15(2)9-16(3)11-19/h5-12H,13H2,1-4H3,(H,23,24). The fourth-order valence-electron chi connectivity index (χ4n) is 2.80. The fraction of sp³-hybridized carbons (Fsp3) is 0.227. The van der Waals surface area contributed by atoms with Gasteiger partial charge in [-0.25, -0.2) is 0 Å². The van der Waals surface area contributed by atoms with Crippen molar-refractivity contribution in [2.45, 2.75) is 34.3 Å². The third-order valence-electron chi connectivity index (χ3n) is 4.10. The zero-order valence-electron chi connectivity index (χ0n) is 15.6. The van der Waals surface area contributed by atoms with Crippen LogP contribution in [0.25, 0.3) is 0 Å². The number of nitrogens with one attached hydrogen (secondary N) is 1. The van der Waals surface area contributed by atoms with Crippen LogP contribution in [0, 0.1) is 27.7 Å². The molecule has 0 spiro atoms. The summed E-state index contributed by atoms with van der Waals surface area (Å²) in [6, 6.07) is 15.4. The predicted octanol–water partition coefficient (Wildman–Crippen LogP) is 5.34. The Morgan fingerprint density at radius 2 is 1.65 bits per heavy atom. The van der Waals surface area contributed by atoms with Crippen LogP contribution < -0.4 is 10.1 Å². The first-order chi connectivity index (χ1) is 12.4. The van der Waals surface area contributed by atoms with E-state index < -0.39 is 0 Å². The third kappa shape index (κ3) is 4.33. The van der Waals surface area contributed by atoms with Crippen LogP contribution in [0.2, 0.25) is 0 Å². The second-order valence-electron chi connectivity index (χ2n) is 6.65. The topological polar surface area (TPSA) is 51.5 Å². The van der Waals surface area contributed by atoms with Crippen LogP contribution in [0.3, 0.4) is 0 Å². The summed E-state index contributed by atoms with van der Waals surface area (Å²) < 4.78 is 11.4. The van der Waals surface area contributed by atoms with E-state index in [0.717, 1.165) is 33.7 Å². The maximum absolute atomic E-state index is 12.4. The number of ether oxygens (including phenoxy) is 1. The van der Waals surface area contributed by atoms with Gasteiger partial charge in [0.15, 0.2) is 5.76 Å². The lowest BCUT2D eigenvalue weighted by atomic mass is 10.1. The molecule has 4 nitrogen and oxygen atoms in total. The molecular weight excluding hydrogens is 326 g/mol. The summed E-state index contributed by atoms with van der Waals surface area (Å²) in [4.78, 5) is 12.4. The van der Waals surface area contributed by atoms with Crippen LogP contribution >= 0.6 is 0 Å². The van der Waals surface area contributed by atoms with Crippen molar-refractivity contribution in [3.05, 3.63) is 82.3 Å². The summed E-state index contributed by atoms with van der Waals surface area (Å²) >= 11 is 0. The van der Waals surface area contributed by atoms with Crippen molar-refractivity contribution in [1.82, 2.24) is 0 Å². The third-order valence-corrected chi connectivity index (χ3v) is 4.10. The minimum Gasteiger partial charge on any atom is -0.486 e. The van der Waals surface area contributed by atoms with Gasteiger partial charge < -0.3 is 14.5 Å². The van der Waals surface area contributed by atoms with E-state index in [1.165, 1.54) is 0 Å². The van der Waals surface area contributed by atoms with Crippen LogP contribution in [-0.2, 0) is 6.61 Å². The van der Waals surface area contributed by atoms with E-state index in [0.29, 0.717) is 5.76 Å². The van der Waals surface area contributed by atoms with E-state index >= 15 is 0 Å². The quantitative estimate of drug-likeness (QED) is 0.676. The van der Waals surface area contributed by atoms with Gasteiger partial charge in [-0.1, -0.05) is 18.2 Å². The van der Waals surface area contributed by atoms with Crippen molar-refractivity contribution in [1.29, 1.82) is 0 Å². The van der Waals surface area contributed by atoms with Gasteiger partial charge in [0.25, 0.3) is 5.91 Å². The number of hydrogen-bond acceptors (Lipinski definition) is 3. The van der Waals surface area contributed by atoms with Crippen LogP contribution in [0.4, 0.5) is 5.69 Å². The second-order valence-corrected chi connectivity index (χ2v) is 6.65. The Balaban J connectivity index is 1.65. The van der Waals surface area contributed by atoms with Gasteiger partial charge in [-0.05, 0) is 80.3 Å². The minimum atomic E-state index is -0.267. The first kappa shape index (κ1) is 17.8. The Morgan fingerprint density at radius 3 is 2.38 bits per heavy atom. The molecule has 0 unspecified atom stereocenters. The molecule has 0 aliphatic rings. The zero-order valence-corrected chi connectivity index (χ0v) is 15.6. The Hall–Kier alpha value is -3.01. The van der Waals surface area contributed by atoms with Crippen LogP contribution in [-0.4, -0.2) is 5.91 Å². The molecule has 4 heteroatoms. The smallest absolute Gasteiger partial charge is 0.291 e. The van der Waals surface area contributed by atoms with Crippen molar-refractivity contribution in [2.24, 2.45) is 0 Å². The molecule has 1 amide bonds.